The summed E-state index contributed by atoms with van der Waals surface area (Å²) in [5, 5.41) is 10.6. The Morgan fingerprint density at radius 2 is 1.76 bits per heavy atom. The number of aromatic nitrogens is 1. The number of hydrogen-bond acceptors (Lipinski definition) is 2. The zero-order valence-corrected chi connectivity index (χ0v) is 12.0. The molecule has 0 aliphatic rings. The van der Waals surface area contributed by atoms with Gasteiger partial charge in [-0.2, -0.15) is 0 Å². The van der Waals surface area contributed by atoms with Crippen LogP contribution in [0.2, 0.25) is 0 Å². The molecule has 0 fully saturated rings. The topological polar surface area (TPSA) is 33.1 Å². The molecule has 0 saturated carbocycles. The first kappa shape index (κ1) is 12.5. The van der Waals surface area contributed by atoms with Crippen LogP contribution in [-0.2, 0) is 5.60 Å². The van der Waals surface area contributed by atoms with E-state index in [1.807, 2.05) is 37.3 Å². The highest BCUT2D eigenvalue weighted by Gasteiger charge is 2.25. The molecule has 17 heavy (non-hydrogen) atoms. The van der Waals surface area contributed by atoms with Crippen LogP contribution in [0.25, 0.3) is 0 Å². The van der Waals surface area contributed by atoms with Gasteiger partial charge < -0.3 is 5.11 Å². The quantitative estimate of drug-likeness (QED) is 0.852. The van der Waals surface area contributed by atoms with Gasteiger partial charge in [-0.1, -0.05) is 12.1 Å². The van der Waals surface area contributed by atoms with Crippen LogP contribution in [0.5, 0.6) is 0 Å². The van der Waals surface area contributed by atoms with Gasteiger partial charge in [0.25, 0.3) is 0 Å². The van der Waals surface area contributed by atoms with Gasteiger partial charge in [0.1, 0.15) is 5.60 Å². The summed E-state index contributed by atoms with van der Waals surface area (Å²) in [5.41, 5.74) is 1.75. The number of rotatable bonds is 2. The molecule has 2 nitrogen and oxygen atoms in total. The second kappa shape index (κ2) is 4.74. The molecule has 88 valence electrons. The SMILES string of the molecule is Cc1cncc(C(C)(O)c2ccc(I)cc2)c1. The lowest BCUT2D eigenvalue weighted by Crippen LogP contribution is -2.23. The molecule has 0 aliphatic heterocycles. The monoisotopic (exact) mass is 339 g/mol. The third-order valence-electron chi connectivity index (χ3n) is 2.84. The van der Waals surface area contributed by atoms with E-state index in [0.29, 0.717) is 0 Å². The summed E-state index contributed by atoms with van der Waals surface area (Å²) >= 11 is 2.25. The molecule has 0 aliphatic carbocycles. The second-order valence-electron chi connectivity index (χ2n) is 4.33. The van der Waals surface area contributed by atoms with Crippen molar-refractivity contribution < 1.29 is 5.11 Å². The lowest BCUT2D eigenvalue weighted by molar-refractivity contribution is 0.102. The Morgan fingerprint density at radius 1 is 1.12 bits per heavy atom. The van der Waals surface area contributed by atoms with Crippen molar-refractivity contribution in [2.75, 3.05) is 0 Å². The van der Waals surface area contributed by atoms with Crippen LogP contribution in [0.4, 0.5) is 0 Å². The summed E-state index contributed by atoms with van der Waals surface area (Å²) in [4.78, 5) is 4.13. The fourth-order valence-electron chi connectivity index (χ4n) is 1.76. The number of pyridine rings is 1. The van der Waals surface area contributed by atoms with Crippen molar-refractivity contribution in [3.8, 4) is 0 Å². The summed E-state index contributed by atoms with van der Waals surface area (Å²) in [5.74, 6) is 0. The molecular weight excluding hydrogens is 325 g/mol. The molecule has 1 aromatic heterocycles. The molecule has 3 heteroatoms. The maximum atomic E-state index is 10.6. The number of aryl methyl sites for hydroxylation is 1. The lowest BCUT2D eigenvalue weighted by atomic mass is 9.89. The molecule has 1 N–H and O–H groups in total. The van der Waals surface area contributed by atoms with Crippen LogP contribution in [0.15, 0.2) is 42.7 Å². The van der Waals surface area contributed by atoms with Crippen molar-refractivity contribution in [3.05, 3.63) is 63.0 Å². The number of aliphatic hydroxyl groups is 1. The normalized spacial score (nSPS) is 14.4. The Labute approximate surface area is 115 Å². The summed E-state index contributed by atoms with van der Waals surface area (Å²) in [7, 11) is 0. The lowest BCUT2D eigenvalue weighted by Gasteiger charge is -2.24. The Bertz CT molecular complexity index is 520. The minimum Gasteiger partial charge on any atom is -0.381 e. The fraction of sp³-hybridized carbons (Fsp3) is 0.214. The van der Waals surface area contributed by atoms with Crippen LogP contribution < -0.4 is 0 Å². The van der Waals surface area contributed by atoms with E-state index >= 15 is 0 Å². The van der Waals surface area contributed by atoms with Crippen LogP contribution >= 0.6 is 22.6 Å². The number of halogens is 1. The van der Waals surface area contributed by atoms with Gasteiger partial charge in [0, 0.05) is 21.5 Å². The molecule has 1 atom stereocenters. The third kappa shape index (κ3) is 2.66. The van der Waals surface area contributed by atoms with Gasteiger partial charge >= 0.3 is 0 Å². The Hall–Kier alpha value is -0.940. The summed E-state index contributed by atoms with van der Waals surface area (Å²) < 4.78 is 1.16. The summed E-state index contributed by atoms with van der Waals surface area (Å²) in [6, 6.07) is 9.85. The molecular formula is C14H14INO. The van der Waals surface area contributed by atoms with E-state index in [4.69, 9.17) is 0 Å². The second-order valence-corrected chi connectivity index (χ2v) is 5.58. The van der Waals surface area contributed by atoms with Crippen molar-refractivity contribution in [2.24, 2.45) is 0 Å². The average Bonchev–Trinajstić information content (AvgIpc) is 2.29. The van der Waals surface area contributed by atoms with E-state index < -0.39 is 5.60 Å². The first-order valence-electron chi connectivity index (χ1n) is 5.41. The molecule has 2 rings (SSSR count). The predicted molar refractivity (Wildman–Crippen MR) is 76.8 cm³/mol. The first-order valence-corrected chi connectivity index (χ1v) is 6.48. The van der Waals surface area contributed by atoms with Gasteiger partial charge in [-0.15, -0.1) is 0 Å². The summed E-state index contributed by atoms with van der Waals surface area (Å²) in [6.45, 7) is 3.77. The Kier molecular flexibility index (Phi) is 3.49. The van der Waals surface area contributed by atoms with Crippen molar-refractivity contribution in [2.45, 2.75) is 19.4 Å². The Balaban J connectivity index is 2.45. The average molecular weight is 339 g/mol. The van der Waals surface area contributed by atoms with E-state index in [0.717, 1.165) is 20.3 Å². The fourth-order valence-corrected chi connectivity index (χ4v) is 2.12. The van der Waals surface area contributed by atoms with Gasteiger partial charge in [0.15, 0.2) is 0 Å². The van der Waals surface area contributed by atoms with E-state index in [2.05, 4.69) is 27.6 Å². The molecule has 2 aromatic rings. The van der Waals surface area contributed by atoms with Gasteiger partial charge in [0.2, 0.25) is 0 Å². The molecule has 1 heterocycles. The number of benzene rings is 1. The van der Waals surface area contributed by atoms with Gasteiger partial charge in [0.05, 0.1) is 0 Å². The van der Waals surface area contributed by atoms with Crippen molar-refractivity contribution >= 4 is 22.6 Å². The minimum absolute atomic E-state index is 0.818. The zero-order valence-electron chi connectivity index (χ0n) is 9.81. The first-order chi connectivity index (χ1) is 8.00. The summed E-state index contributed by atoms with van der Waals surface area (Å²) in [6.07, 6.45) is 3.50. The predicted octanol–water partition coefficient (Wildman–Crippen LogP) is 3.25. The Morgan fingerprint density at radius 3 is 2.35 bits per heavy atom. The van der Waals surface area contributed by atoms with Crippen LogP contribution in [0.3, 0.4) is 0 Å². The maximum Gasteiger partial charge on any atom is 0.113 e. The number of hydrogen-bond donors (Lipinski definition) is 1. The highest BCUT2D eigenvalue weighted by Crippen LogP contribution is 2.29. The van der Waals surface area contributed by atoms with E-state index in [-0.39, 0.29) is 0 Å². The van der Waals surface area contributed by atoms with Crippen LogP contribution in [0, 0.1) is 10.5 Å². The molecule has 0 saturated heterocycles. The molecule has 0 spiro atoms. The molecule has 0 bridgehead atoms. The smallest absolute Gasteiger partial charge is 0.113 e. The van der Waals surface area contributed by atoms with Crippen molar-refractivity contribution in [3.63, 3.8) is 0 Å². The largest absolute Gasteiger partial charge is 0.381 e. The number of nitrogens with zero attached hydrogens (tertiary/aromatic N) is 1. The van der Waals surface area contributed by atoms with E-state index in [1.54, 1.807) is 19.3 Å². The van der Waals surface area contributed by atoms with Crippen LogP contribution in [-0.4, -0.2) is 10.1 Å². The maximum absolute atomic E-state index is 10.6. The van der Waals surface area contributed by atoms with E-state index in [1.165, 1.54) is 0 Å². The molecule has 0 amide bonds. The third-order valence-corrected chi connectivity index (χ3v) is 3.56. The highest BCUT2D eigenvalue weighted by molar-refractivity contribution is 14.1. The van der Waals surface area contributed by atoms with Crippen LogP contribution in [0.1, 0.15) is 23.6 Å². The molecule has 0 radical (unpaired) electrons. The van der Waals surface area contributed by atoms with Gasteiger partial charge in [-0.3, -0.25) is 4.98 Å². The minimum atomic E-state index is -0.997. The highest BCUT2D eigenvalue weighted by atomic mass is 127. The molecule has 1 aromatic carbocycles. The van der Waals surface area contributed by atoms with Crippen molar-refractivity contribution in [1.29, 1.82) is 0 Å². The van der Waals surface area contributed by atoms with Gasteiger partial charge in [-0.05, 0) is 65.8 Å². The van der Waals surface area contributed by atoms with Crippen molar-refractivity contribution in [1.82, 2.24) is 4.98 Å². The molecule has 1 unspecified atom stereocenters. The zero-order chi connectivity index (χ0) is 12.5. The van der Waals surface area contributed by atoms with Gasteiger partial charge in [-0.25, -0.2) is 0 Å². The van der Waals surface area contributed by atoms with E-state index in [9.17, 15) is 5.11 Å². The standard InChI is InChI=1S/C14H14INO/c1-10-7-12(9-16-8-10)14(2,17)11-3-5-13(15)6-4-11/h3-9,17H,1-2H3.